The molecule has 0 radical (unpaired) electrons. The van der Waals surface area contributed by atoms with Crippen LogP contribution in [0.1, 0.15) is 16.8 Å². The third-order valence-corrected chi connectivity index (χ3v) is 5.63. The van der Waals surface area contributed by atoms with Gasteiger partial charge in [-0.05, 0) is 54.6 Å². The number of carbonyl (C=O) groups excluding carboxylic acids is 2. The second kappa shape index (κ2) is 7.34. The Morgan fingerprint density at radius 2 is 1.90 bits per heavy atom. The SMILES string of the molecule is Cc1ccc(-n2cc(CN3C(=O)S/C(=C\c4ccc5c(c4)OCO5)C3=O)nn2)cc1. The minimum atomic E-state index is -0.354. The highest BCUT2D eigenvalue weighted by atomic mass is 32.2. The highest BCUT2D eigenvalue weighted by Gasteiger charge is 2.35. The van der Waals surface area contributed by atoms with Crippen molar-refractivity contribution >= 4 is 29.0 Å². The number of benzene rings is 2. The molecule has 0 N–H and O–H groups in total. The molecule has 9 heteroatoms. The van der Waals surface area contributed by atoms with Gasteiger partial charge >= 0.3 is 0 Å². The molecule has 0 spiro atoms. The van der Waals surface area contributed by atoms with Crippen molar-refractivity contribution in [3.8, 4) is 17.2 Å². The Labute approximate surface area is 176 Å². The minimum absolute atomic E-state index is 0.0645. The number of rotatable bonds is 4. The van der Waals surface area contributed by atoms with Crippen LogP contribution in [0.3, 0.4) is 0 Å². The van der Waals surface area contributed by atoms with Crippen molar-refractivity contribution in [3.05, 3.63) is 70.4 Å². The number of ether oxygens (including phenoxy) is 2. The van der Waals surface area contributed by atoms with Crippen molar-refractivity contribution in [3.63, 3.8) is 0 Å². The molecule has 2 aromatic carbocycles. The number of aromatic nitrogens is 3. The molecular formula is C21H16N4O4S. The van der Waals surface area contributed by atoms with Crippen molar-refractivity contribution in [1.82, 2.24) is 19.9 Å². The van der Waals surface area contributed by atoms with E-state index in [-0.39, 0.29) is 24.5 Å². The van der Waals surface area contributed by atoms with Crippen LogP contribution >= 0.6 is 11.8 Å². The van der Waals surface area contributed by atoms with Gasteiger partial charge in [-0.2, -0.15) is 0 Å². The summed E-state index contributed by atoms with van der Waals surface area (Å²) in [7, 11) is 0. The van der Waals surface area contributed by atoms with E-state index < -0.39 is 0 Å². The van der Waals surface area contributed by atoms with Crippen LogP contribution in [0.5, 0.6) is 11.5 Å². The van der Waals surface area contributed by atoms with Crippen LogP contribution in [0.2, 0.25) is 0 Å². The first-order valence-corrected chi connectivity index (χ1v) is 10.0. The van der Waals surface area contributed by atoms with Gasteiger partial charge in [0, 0.05) is 0 Å². The molecule has 1 fully saturated rings. The lowest BCUT2D eigenvalue weighted by molar-refractivity contribution is -0.123. The maximum atomic E-state index is 12.8. The number of thioether (sulfide) groups is 1. The van der Waals surface area contributed by atoms with Crippen LogP contribution in [0.4, 0.5) is 4.79 Å². The minimum Gasteiger partial charge on any atom is -0.454 e. The molecule has 2 amide bonds. The number of imide groups is 1. The first-order valence-electron chi connectivity index (χ1n) is 9.20. The van der Waals surface area contributed by atoms with Gasteiger partial charge in [0.05, 0.1) is 23.3 Å². The van der Waals surface area contributed by atoms with E-state index in [1.54, 1.807) is 29.1 Å². The molecule has 3 heterocycles. The Morgan fingerprint density at radius 3 is 2.73 bits per heavy atom. The van der Waals surface area contributed by atoms with Crippen molar-refractivity contribution in [1.29, 1.82) is 0 Å². The molecule has 1 aromatic heterocycles. The van der Waals surface area contributed by atoms with Gasteiger partial charge in [0.1, 0.15) is 5.69 Å². The largest absolute Gasteiger partial charge is 0.454 e. The zero-order chi connectivity index (χ0) is 20.7. The zero-order valence-electron chi connectivity index (χ0n) is 15.9. The molecular weight excluding hydrogens is 404 g/mol. The molecule has 0 saturated carbocycles. The monoisotopic (exact) mass is 420 g/mol. The Bertz CT molecular complexity index is 1190. The molecule has 30 heavy (non-hydrogen) atoms. The van der Waals surface area contributed by atoms with Gasteiger partial charge in [-0.15, -0.1) is 5.10 Å². The summed E-state index contributed by atoms with van der Waals surface area (Å²) in [5.41, 5.74) is 3.29. The van der Waals surface area contributed by atoms with Crippen LogP contribution in [-0.2, 0) is 11.3 Å². The van der Waals surface area contributed by atoms with Crippen molar-refractivity contribution in [2.45, 2.75) is 13.5 Å². The summed E-state index contributed by atoms with van der Waals surface area (Å²) < 4.78 is 12.3. The fourth-order valence-corrected chi connectivity index (χ4v) is 3.99. The standard InChI is InChI=1S/C21H16N4O4S/c1-13-2-5-16(6-3-13)25-11-15(22-23-25)10-24-20(26)19(30-21(24)27)9-14-4-7-17-18(8-14)29-12-28-17/h2-9,11H,10,12H2,1H3/b19-9-. The molecule has 1 saturated heterocycles. The van der Waals surface area contributed by atoms with E-state index in [0.717, 1.165) is 28.6 Å². The molecule has 2 aliphatic rings. The summed E-state index contributed by atoms with van der Waals surface area (Å²) in [5, 5.41) is 7.87. The van der Waals surface area contributed by atoms with Crippen molar-refractivity contribution < 1.29 is 19.1 Å². The fraction of sp³-hybridized carbons (Fsp3) is 0.143. The van der Waals surface area contributed by atoms with Gasteiger partial charge in [0.25, 0.3) is 11.1 Å². The number of amides is 2. The van der Waals surface area contributed by atoms with Crippen LogP contribution in [0, 0.1) is 6.92 Å². The van der Waals surface area contributed by atoms with Crippen molar-refractivity contribution in [2.24, 2.45) is 0 Å². The molecule has 2 aliphatic heterocycles. The highest BCUT2D eigenvalue weighted by molar-refractivity contribution is 8.18. The second-order valence-corrected chi connectivity index (χ2v) is 7.86. The first kappa shape index (κ1) is 18.4. The number of fused-ring (bicyclic) bond motifs is 1. The topological polar surface area (TPSA) is 86.5 Å². The van der Waals surface area contributed by atoms with Crippen LogP contribution in [0.25, 0.3) is 11.8 Å². The van der Waals surface area contributed by atoms with Gasteiger partial charge in [0.2, 0.25) is 6.79 Å². The molecule has 8 nitrogen and oxygen atoms in total. The van der Waals surface area contributed by atoms with E-state index >= 15 is 0 Å². The molecule has 0 unspecified atom stereocenters. The number of nitrogens with zero attached hydrogens (tertiary/aromatic N) is 4. The Morgan fingerprint density at radius 1 is 1.10 bits per heavy atom. The first-order chi connectivity index (χ1) is 14.6. The summed E-state index contributed by atoms with van der Waals surface area (Å²) in [4.78, 5) is 26.7. The molecule has 3 aromatic rings. The number of hydrogen-bond donors (Lipinski definition) is 0. The van der Waals surface area contributed by atoms with E-state index in [0.29, 0.717) is 22.1 Å². The summed E-state index contributed by atoms with van der Waals surface area (Å²) in [6.45, 7) is 2.25. The highest BCUT2D eigenvalue weighted by Crippen LogP contribution is 2.36. The molecule has 5 rings (SSSR count). The van der Waals surface area contributed by atoms with Crippen LogP contribution < -0.4 is 9.47 Å². The van der Waals surface area contributed by atoms with E-state index in [9.17, 15) is 9.59 Å². The van der Waals surface area contributed by atoms with Gasteiger partial charge in [-0.25, -0.2) is 4.68 Å². The fourth-order valence-electron chi connectivity index (χ4n) is 3.15. The summed E-state index contributed by atoms with van der Waals surface area (Å²) in [6.07, 6.45) is 3.39. The number of aryl methyl sites for hydroxylation is 1. The Hall–Kier alpha value is -3.59. The third kappa shape index (κ3) is 3.43. The number of hydrogen-bond acceptors (Lipinski definition) is 7. The van der Waals surface area contributed by atoms with E-state index in [1.807, 2.05) is 37.3 Å². The van der Waals surface area contributed by atoms with Gasteiger partial charge in [-0.3, -0.25) is 14.5 Å². The lowest BCUT2D eigenvalue weighted by Gasteiger charge is -2.09. The normalized spacial score (nSPS) is 16.7. The average Bonchev–Trinajstić information content (AvgIpc) is 3.45. The summed E-state index contributed by atoms with van der Waals surface area (Å²) in [5.74, 6) is 0.931. The van der Waals surface area contributed by atoms with E-state index in [1.165, 1.54) is 4.90 Å². The summed E-state index contributed by atoms with van der Waals surface area (Å²) in [6, 6.07) is 13.2. The zero-order valence-corrected chi connectivity index (χ0v) is 16.8. The second-order valence-electron chi connectivity index (χ2n) is 6.87. The maximum absolute atomic E-state index is 12.8. The third-order valence-electron chi connectivity index (χ3n) is 4.73. The van der Waals surface area contributed by atoms with Crippen molar-refractivity contribution in [2.75, 3.05) is 6.79 Å². The van der Waals surface area contributed by atoms with E-state index in [2.05, 4.69) is 10.3 Å². The Kier molecular flexibility index (Phi) is 4.51. The summed E-state index contributed by atoms with van der Waals surface area (Å²) >= 11 is 0.905. The Balaban J connectivity index is 1.33. The smallest absolute Gasteiger partial charge is 0.293 e. The average molecular weight is 420 g/mol. The quantitative estimate of drug-likeness (QED) is 0.597. The predicted molar refractivity (Wildman–Crippen MR) is 110 cm³/mol. The van der Waals surface area contributed by atoms with Crippen LogP contribution in [-0.4, -0.2) is 37.8 Å². The molecule has 0 atom stereocenters. The van der Waals surface area contributed by atoms with Gasteiger partial charge < -0.3 is 9.47 Å². The number of carbonyl (C=O) groups is 2. The van der Waals surface area contributed by atoms with Gasteiger partial charge in [-0.1, -0.05) is 29.0 Å². The molecule has 0 aliphatic carbocycles. The lowest BCUT2D eigenvalue weighted by atomic mass is 10.2. The molecule has 150 valence electrons. The van der Waals surface area contributed by atoms with Gasteiger partial charge in [0.15, 0.2) is 11.5 Å². The molecule has 0 bridgehead atoms. The predicted octanol–water partition coefficient (Wildman–Crippen LogP) is 3.54. The maximum Gasteiger partial charge on any atom is 0.293 e. The lowest BCUT2D eigenvalue weighted by Crippen LogP contribution is -2.27. The van der Waals surface area contributed by atoms with E-state index in [4.69, 9.17) is 9.47 Å². The van der Waals surface area contributed by atoms with Crippen LogP contribution in [0.15, 0.2) is 53.6 Å².